The molecule has 92 valence electrons. The number of nitrogens with one attached hydrogen (secondary N) is 1. The molecule has 1 amide bonds. The van der Waals surface area contributed by atoms with Gasteiger partial charge in [-0.2, -0.15) is 0 Å². The fourth-order valence-corrected chi connectivity index (χ4v) is 1.25. The van der Waals surface area contributed by atoms with E-state index < -0.39 is 12.1 Å². The Morgan fingerprint density at radius 1 is 1.31 bits per heavy atom. The monoisotopic (exact) mass is 229 g/mol. The van der Waals surface area contributed by atoms with Crippen LogP contribution in [0.1, 0.15) is 20.3 Å². The van der Waals surface area contributed by atoms with E-state index in [0.29, 0.717) is 0 Å². The van der Waals surface area contributed by atoms with Crippen molar-refractivity contribution in [3.8, 4) is 0 Å². The van der Waals surface area contributed by atoms with Gasteiger partial charge in [0, 0.05) is 12.1 Å². The van der Waals surface area contributed by atoms with Gasteiger partial charge in [-0.05, 0) is 12.3 Å². The molecule has 0 bridgehead atoms. The molecule has 2 atom stereocenters. The lowest BCUT2D eigenvalue weighted by molar-refractivity contribution is -0.134. The van der Waals surface area contributed by atoms with Crippen molar-refractivity contribution in [3.63, 3.8) is 0 Å². The van der Waals surface area contributed by atoms with Crippen LogP contribution in [0.15, 0.2) is 12.2 Å². The number of methoxy groups -OCH3 is 2. The lowest BCUT2D eigenvalue weighted by Gasteiger charge is -2.20. The molecular weight excluding hydrogens is 210 g/mol. The summed E-state index contributed by atoms with van der Waals surface area (Å²) in [6, 6.07) is -0.0617. The van der Waals surface area contributed by atoms with Crippen LogP contribution in [0.5, 0.6) is 0 Å². The summed E-state index contributed by atoms with van der Waals surface area (Å²) in [5.41, 5.74) is 0. The second-order valence-corrected chi connectivity index (χ2v) is 3.39. The molecule has 0 unspecified atom stereocenters. The molecule has 0 aromatic rings. The van der Waals surface area contributed by atoms with Gasteiger partial charge in [0.25, 0.3) is 0 Å². The Balaban J connectivity index is 4.30. The molecule has 0 spiro atoms. The van der Waals surface area contributed by atoms with Crippen LogP contribution >= 0.6 is 0 Å². The minimum atomic E-state index is -0.467. The molecule has 0 aromatic heterocycles. The van der Waals surface area contributed by atoms with Crippen LogP contribution in [0.4, 0.5) is 4.79 Å². The molecule has 5 heteroatoms. The molecule has 16 heavy (non-hydrogen) atoms. The van der Waals surface area contributed by atoms with Gasteiger partial charge in [0.05, 0.1) is 14.2 Å². The highest BCUT2D eigenvalue weighted by atomic mass is 16.5. The zero-order chi connectivity index (χ0) is 12.6. The molecule has 0 fully saturated rings. The predicted octanol–water partition coefficient (Wildman–Crippen LogP) is 1.49. The van der Waals surface area contributed by atoms with E-state index in [1.165, 1.54) is 20.3 Å². The number of hydrogen-bond donors (Lipinski definition) is 1. The number of hydrogen-bond acceptors (Lipinski definition) is 4. The molecule has 0 aliphatic heterocycles. The van der Waals surface area contributed by atoms with Gasteiger partial charge in [-0.25, -0.2) is 9.59 Å². The highest BCUT2D eigenvalue weighted by molar-refractivity contribution is 5.81. The normalized spacial score (nSPS) is 14.2. The minimum Gasteiger partial charge on any atom is -0.466 e. The highest BCUT2D eigenvalue weighted by Crippen LogP contribution is 2.09. The third kappa shape index (κ3) is 5.38. The third-order valence-electron chi connectivity index (χ3n) is 2.30. The second kappa shape index (κ2) is 7.73. The van der Waals surface area contributed by atoms with Crippen molar-refractivity contribution in [2.24, 2.45) is 5.92 Å². The SMILES string of the molecule is CC[C@@H](NC(=O)OC)[C@H](C)/C=C/C(=O)OC. The van der Waals surface area contributed by atoms with Gasteiger partial charge in [0.15, 0.2) is 0 Å². The molecule has 0 saturated heterocycles. The topological polar surface area (TPSA) is 64.6 Å². The van der Waals surface area contributed by atoms with E-state index >= 15 is 0 Å². The molecular formula is C11H19NO4. The Morgan fingerprint density at radius 3 is 2.38 bits per heavy atom. The standard InChI is InChI=1S/C11H19NO4/c1-5-9(12-11(14)16-4)8(2)6-7-10(13)15-3/h6-9H,5H2,1-4H3,(H,12,14)/b7-6+/t8-,9-/m1/s1. The largest absolute Gasteiger partial charge is 0.466 e. The van der Waals surface area contributed by atoms with E-state index in [2.05, 4.69) is 14.8 Å². The zero-order valence-electron chi connectivity index (χ0n) is 10.1. The fraction of sp³-hybridized carbons (Fsp3) is 0.636. The Morgan fingerprint density at radius 2 is 1.94 bits per heavy atom. The zero-order valence-corrected chi connectivity index (χ0v) is 10.1. The maximum Gasteiger partial charge on any atom is 0.407 e. The molecule has 0 aliphatic carbocycles. The van der Waals surface area contributed by atoms with Crippen LogP contribution in [0, 0.1) is 5.92 Å². The summed E-state index contributed by atoms with van der Waals surface area (Å²) in [5, 5.41) is 2.69. The van der Waals surface area contributed by atoms with Crippen molar-refractivity contribution in [1.82, 2.24) is 5.32 Å². The highest BCUT2D eigenvalue weighted by Gasteiger charge is 2.15. The summed E-state index contributed by atoms with van der Waals surface area (Å²) in [4.78, 5) is 21.9. The van der Waals surface area contributed by atoms with E-state index in [-0.39, 0.29) is 12.0 Å². The molecule has 1 N–H and O–H groups in total. The van der Waals surface area contributed by atoms with Gasteiger partial charge >= 0.3 is 12.1 Å². The first-order valence-corrected chi connectivity index (χ1v) is 5.15. The number of esters is 1. The summed E-state index contributed by atoms with van der Waals surface area (Å²) in [7, 11) is 2.64. The van der Waals surface area contributed by atoms with Gasteiger partial charge in [-0.15, -0.1) is 0 Å². The van der Waals surface area contributed by atoms with Crippen LogP contribution in [0.2, 0.25) is 0 Å². The molecule has 0 rings (SSSR count). The van der Waals surface area contributed by atoms with E-state index in [1.54, 1.807) is 6.08 Å². The molecule has 0 aliphatic rings. The molecule has 0 saturated carbocycles. The summed E-state index contributed by atoms with van der Waals surface area (Å²) in [6.45, 7) is 3.85. The fourth-order valence-electron chi connectivity index (χ4n) is 1.25. The summed E-state index contributed by atoms with van der Waals surface area (Å²) < 4.78 is 8.99. The quantitative estimate of drug-likeness (QED) is 0.573. The van der Waals surface area contributed by atoms with Crippen molar-refractivity contribution in [2.75, 3.05) is 14.2 Å². The average molecular weight is 229 g/mol. The van der Waals surface area contributed by atoms with Gasteiger partial charge in [0.2, 0.25) is 0 Å². The summed E-state index contributed by atoms with van der Waals surface area (Å²) in [5.74, 6) is -0.372. The second-order valence-electron chi connectivity index (χ2n) is 3.39. The van der Waals surface area contributed by atoms with Gasteiger partial charge in [-0.1, -0.05) is 19.9 Å². The lowest BCUT2D eigenvalue weighted by Crippen LogP contribution is -2.38. The number of carbonyl (C=O) groups excluding carboxylic acids is 2. The Hall–Kier alpha value is -1.52. The first kappa shape index (κ1) is 14.5. The van der Waals surface area contributed by atoms with Crippen molar-refractivity contribution >= 4 is 12.1 Å². The number of alkyl carbamates (subject to hydrolysis) is 1. The number of rotatable bonds is 5. The molecule has 5 nitrogen and oxygen atoms in total. The first-order chi connectivity index (χ1) is 7.54. The lowest BCUT2D eigenvalue weighted by atomic mass is 9.99. The number of ether oxygens (including phenoxy) is 2. The first-order valence-electron chi connectivity index (χ1n) is 5.15. The van der Waals surface area contributed by atoms with Gasteiger partial charge < -0.3 is 14.8 Å². The van der Waals surface area contributed by atoms with Crippen LogP contribution < -0.4 is 5.32 Å². The van der Waals surface area contributed by atoms with Gasteiger partial charge in [0.1, 0.15) is 0 Å². The van der Waals surface area contributed by atoms with Crippen molar-refractivity contribution in [1.29, 1.82) is 0 Å². The van der Waals surface area contributed by atoms with Crippen molar-refractivity contribution in [2.45, 2.75) is 26.3 Å². The number of amides is 1. The molecule has 0 radical (unpaired) electrons. The van der Waals surface area contributed by atoms with Crippen molar-refractivity contribution < 1.29 is 19.1 Å². The van der Waals surface area contributed by atoms with E-state index in [4.69, 9.17) is 0 Å². The van der Waals surface area contributed by atoms with Crippen LogP contribution in [0.3, 0.4) is 0 Å². The van der Waals surface area contributed by atoms with Crippen LogP contribution in [-0.2, 0) is 14.3 Å². The maximum absolute atomic E-state index is 11.0. The smallest absolute Gasteiger partial charge is 0.407 e. The Labute approximate surface area is 95.8 Å². The minimum absolute atomic E-state index is 0.0307. The molecule has 0 heterocycles. The number of carbonyl (C=O) groups is 2. The Bertz CT molecular complexity index is 263. The van der Waals surface area contributed by atoms with Gasteiger partial charge in [-0.3, -0.25) is 0 Å². The van der Waals surface area contributed by atoms with Crippen molar-refractivity contribution in [3.05, 3.63) is 12.2 Å². The molecule has 0 aromatic carbocycles. The predicted molar refractivity (Wildman–Crippen MR) is 59.9 cm³/mol. The summed E-state index contributed by atoms with van der Waals surface area (Å²) >= 11 is 0. The Kier molecular flexibility index (Phi) is 7.00. The summed E-state index contributed by atoms with van der Waals surface area (Å²) in [6.07, 6.45) is 3.34. The maximum atomic E-state index is 11.0. The van der Waals surface area contributed by atoms with Crippen LogP contribution in [-0.4, -0.2) is 32.3 Å². The third-order valence-corrected chi connectivity index (χ3v) is 2.30. The average Bonchev–Trinajstić information content (AvgIpc) is 2.31. The van der Waals surface area contributed by atoms with Crippen LogP contribution in [0.25, 0.3) is 0 Å². The van der Waals surface area contributed by atoms with E-state index in [0.717, 1.165) is 6.42 Å². The van der Waals surface area contributed by atoms with E-state index in [1.807, 2.05) is 13.8 Å². The van der Waals surface area contributed by atoms with E-state index in [9.17, 15) is 9.59 Å².